The zero-order chi connectivity index (χ0) is 22.2. The molecule has 0 unspecified atom stereocenters. The first-order valence-electron chi connectivity index (χ1n) is 10.4. The fourth-order valence-electron chi connectivity index (χ4n) is 3.86. The zero-order valence-corrected chi connectivity index (χ0v) is 19.4. The topological polar surface area (TPSA) is 24.8 Å². The van der Waals surface area contributed by atoms with Gasteiger partial charge in [-0.05, 0) is 92.9 Å². The Balaban J connectivity index is 1.55. The lowest BCUT2D eigenvalue weighted by Gasteiger charge is -2.41. The van der Waals surface area contributed by atoms with Crippen LogP contribution in [0.15, 0.2) is 71.7 Å². The van der Waals surface area contributed by atoms with Crippen LogP contribution in [0.1, 0.15) is 37.5 Å². The molecule has 0 aliphatic carbocycles. The molecule has 158 valence electrons. The van der Waals surface area contributed by atoms with E-state index >= 15 is 0 Å². The number of nitrogens with zero attached hydrogens (tertiary/aromatic N) is 2. The van der Waals surface area contributed by atoms with Gasteiger partial charge in [-0.1, -0.05) is 29.8 Å². The molecule has 3 nitrogen and oxygen atoms in total. The molecule has 0 amide bonds. The number of benzene rings is 3. The summed E-state index contributed by atoms with van der Waals surface area (Å²) in [7, 11) is 2.15. The number of halogens is 1. The van der Waals surface area contributed by atoms with Gasteiger partial charge in [0.15, 0.2) is 0 Å². The molecular weight excluding hydrogens is 404 g/mol. The Morgan fingerprint density at radius 2 is 1.71 bits per heavy atom. The molecule has 4 rings (SSSR count). The SMILES string of the molecule is CC1=CC(C)(C)N(C)c2cc(C)c(C=Nc3ccc(Oc4ccccc4Cl)cc3)cc21. The van der Waals surface area contributed by atoms with Crippen molar-refractivity contribution in [2.45, 2.75) is 33.2 Å². The molecule has 0 N–H and O–H groups in total. The predicted octanol–water partition coefficient (Wildman–Crippen LogP) is 7.82. The minimum absolute atomic E-state index is 0.00687. The van der Waals surface area contributed by atoms with E-state index in [9.17, 15) is 0 Å². The van der Waals surface area contributed by atoms with E-state index in [0.717, 1.165) is 17.0 Å². The molecule has 0 spiro atoms. The minimum atomic E-state index is 0.00687. The number of hydrogen-bond acceptors (Lipinski definition) is 3. The van der Waals surface area contributed by atoms with Crippen LogP contribution < -0.4 is 9.64 Å². The Morgan fingerprint density at radius 1 is 1.00 bits per heavy atom. The Kier molecular flexibility index (Phi) is 5.63. The fraction of sp³-hybridized carbons (Fsp3) is 0.222. The highest BCUT2D eigenvalue weighted by Crippen LogP contribution is 2.39. The van der Waals surface area contributed by atoms with Crippen LogP contribution in [-0.2, 0) is 0 Å². The van der Waals surface area contributed by atoms with Crippen molar-refractivity contribution in [2.75, 3.05) is 11.9 Å². The summed E-state index contributed by atoms with van der Waals surface area (Å²) in [5, 5.41) is 0.589. The van der Waals surface area contributed by atoms with E-state index in [4.69, 9.17) is 16.3 Å². The molecule has 0 aromatic heterocycles. The fourth-order valence-corrected chi connectivity index (χ4v) is 4.03. The summed E-state index contributed by atoms with van der Waals surface area (Å²) >= 11 is 6.17. The van der Waals surface area contributed by atoms with Crippen molar-refractivity contribution in [2.24, 2.45) is 4.99 Å². The van der Waals surface area contributed by atoms with Crippen LogP contribution in [0.2, 0.25) is 5.02 Å². The smallest absolute Gasteiger partial charge is 0.146 e. The first-order chi connectivity index (χ1) is 14.7. The number of allylic oxidation sites excluding steroid dienone is 1. The van der Waals surface area contributed by atoms with E-state index in [0.29, 0.717) is 10.8 Å². The van der Waals surface area contributed by atoms with Crippen molar-refractivity contribution < 1.29 is 4.74 Å². The lowest BCUT2D eigenvalue weighted by atomic mass is 9.87. The highest BCUT2D eigenvalue weighted by atomic mass is 35.5. The van der Waals surface area contributed by atoms with Gasteiger partial charge in [-0.15, -0.1) is 0 Å². The van der Waals surface area contributed by atoms with E-state index in [2.05, 4.69) is 62.8 Å². The standard InChI is InChI=1S/C27H27ClN2O/c1-18-14-25-23(19(2)16-27(3,4)30(25)5)15-20(18)17-29-21-10-12-22(13-11-21)31-26-9-7-6-8-24(26)28/h6-17H,1-5H3. The molecule has 31 heavy (non-hydrogen) atoms. The molecule has 0 atom stereocenters. The van der Waals surface area contributed by atoms with Crippen molar-refractivity contribution in [1.82, 2.24) is 0 Å². The summed E-state index contributed by atoms with van der Waals surface area (Å²) in [6.45, 7) is 8.80. The number of rotatable bonds is 4. The summed E-state index contributed by atoms with van der Waals surface area (Å²) in [4.78, 5) is 7.02. The molecule has 0 saturated carbocycles. The van der Waals surface area contributed by atoms with Gasteiger partial charge in [0.1, 0.15) is 11.5 Å². The second-order valence-corrected chi connectivity index (χ2v) is 8.96. The van der Waals surface area contributed by atoms with Gasteiger partial charge in [0.25, 0.3) is 0 Å². The Labute approximate surface area is 189 Å². The quantitative estimate of drug-likeness (QED) is 0.394. The van der Waals surface area contributed by atoms with Crippen molar-refractivity contribution in [3.63, 3.8) is 0 Å². The summed E-state index contributed by atoms with van der Waals surface area (Å²) in [6, 6.07) is 19.6. The number of hydrogen-bond donors (Lipinski definition) is 0. The van der Waals surface area contributed by atoms with E-state index in [1.54, 1.807) is 0 Å². The largest absolute Gasteiger partial charge is 0.456 e. The van der Waals surface area contributed by atoms with E-state index in [1.165, 1.54) is 22.4 Å². The maximum atomic E-state index is 6.17. The van der Waals surface area contributed by atoms with Crippen LogP contribution in [0.25, 0.3) is 5.57 Å². The molecule has 3 aromatic rings. The Hall–Kier alpha value is -3.04. The number of likely N-dealkylation sites (N-methyl/N-ethyl adjacent to an activating group) is 1. The molecule has 1 aliphatic rings. The number of para-hydroxylation sites is 1. The number of fused-ring (bicyclic) bond motifs is 1. The minimum Gasteiger partial charge on any atom is -0.456 e. The number of aryl methyl sites for hydroxylation is 1. The van der Waals surface area contributed by atoms with Crippen molar-refractivity contribution in [3.05, 3.63) is 88.5 Å². The van der Waals surface area contributed by atoms with Crippen molar-refractivity contribution in [3.8, 4) is 11.5 Å². The second-order valence-electron chi connectivity index (χ2n) is 8.55. The average Bonchev–Trinajstić information content (AvgIpc) is 2.73. The Morgan fingerprint density at radius 3 is 2.42 bits per heavy atom. The van der Waals surface area contributed by atoms with Crippen LogP contribution >= 0.6 is 11.6 Å². The second kappa shape index (κ2) is 8.24. The molecule has 0 radical (unpaired) electrons. The molecule has 4 heteroatoms. The van der Waals surface area contributed by atoms with Gasteiger partial charge >= 0.3 is 0 Å². The monoisotopic (exact) mass is 430 g/mol. The summed E-state index contributed by atoms with van der Waals surface area (Å²) in [6.07, 6.45) is 4.26. The number of anilines is 1. The van der Waals surface area contributed by atoms with Crippen molar-refractivity contribution >= 4 is 34.8 Å². The van der Waals surface area contributed by atoms with Gasteiger partial charge in [0.05, 0.1) is 16.2 Å². The summed E-state index contributed by atoms with van der Waals surface area (Å²) in [5.74, 6) is 1.37. The number of ether oxygens (including phenoxy) is 1. The molecule has 0 bridgehead atoms. The summed E-state index contributed by atoms with van der Waals surface area (Å²) < 4.78 is 5.85. The van der Waals surface area contributed by atoms with Gasteiger partial charge in [0.2, 0.25) is 0 Å². The van der Waals surface area contributed by atoms with Gasteiger partial charge in [-0.3, -0.25) is 4.99 Å². The average molecular weight is 431 g/mol. The first kappa shape index (κ1) is 21.2. The molecular formula is C27H27ClN2O. The normalized spacial score (nSPS) is 15.0. The molecule has 0 fully saturated rings. The molecule has 1 aliphatic heterocycles. The molecule has 3 aromatic carbocycles. The van der Waals surface area contributed by atoms with E-state index in [-0.39, 0.29) is 5.54 Å². The van der Waals surface area contributed by atoms with Crippen molar-refractivity contribution in [1.29, 1.82) is 0 Å². The van der Waals surface area contributed by atoms with Gasteiger partial charge < -0.3 is 9.64 Å². The lowest BCUT2D eigenvalue weighted by Crippen LogP contribution is -2.42. The Bertz CT molecular complexity index is 1180. The predicted molar refractivity (Wildman–Crippen MR) is 133 cm³/mol. The van der Waals surface area contributed by atoms with Gasteiger partial charge in [0, 0.05) is 24.5 Å². The molecule has 1 heterocycles. The van der Waals surface area contributed by atoms with Crippen LogP contribution in [0.4, 0.5) is 11.4 Å². The lowest BCUT2D eigenvalue weighted by molar-refractivity contribution is 0.483. The van der Waals surface area contributed by atoms with Crippen LogP contribution in [0.3, 0.4) is 0 Å². The van der Waals surface area contributed by atoms with Gasteiger partial charge in [-0.25, -0.2) is 0 Å². The third kappa shape index (κ3) is 4.38. The maximum absolute atomic E-state index is 6.17. The van der Waals surface area contributed by atoms with E-state index < -0.39 is 0 Å². The maximum Gasteiger partial charge on any atom is 0.146 e. The van der Waals surface area contributed by atoms with Crippen LogP contribution in [0.5, 0.6) is 11.5 Å². The zero-order valence-electron chi connectivity index (χ0n) is 18.6. The third-order valence-electron chi connectivity index (χ3n) is 5.86. The van der Waals surface area contributed by atoms with Crippen LogP contribution in [-0.4, -0.2) is 18.8 Å². The molecule has 0 saturated heterocycles. The van der Waals surface area contributed by atoms with Gasteiger partial charge in [-0.2, -0.15) is 0 Å². The highest BCUT2D eigenvalue weighted by molar-refractivity contribution is 6.32. The summed E-state index contributed by atoms with van der Waals surface area (Å²) in [5.41, 5.74) is 7.03. The first-order valence-corrected chi connectivity index (χ1v) is 10.8. The highest BCUT2D eigenvalue weighted by Gasteiger charge is 2.28. The van der Waals surface area contributed by atoms with E-state index in [1.807, 2.05) is 54.7 Å². The number of aliphatic imine (C=N–C) groups is 1. The van der Waals surface area contributed by atoms with Crippen LogP contribution in [0, 0.1) is 6.92 Å². The third-order valence-corrected chi connectivity index (χ3v) is 6.17.